The Morgan fingerprint density at radius 1 is 0.786 bits per heavy atom. The zero-order chi connectivity index (χ0) is 11.8. The van der Waals surface area contributed by atoms with Crippen LogP contribution in [0.2, 0.25) is 0 Å². The molecule has 0 aromatic heterocycles. The Labute approximate surface area is 83.4 Å². The fraction of sp³-hybridized carbons (Fsp3) is 0.600. The second-order valence-corrected chi connectivity index (χ2v) is 8.93. The highest BCUT2D eigenvalue weighted by Crippen LogP contribution is 2.13. The van der Waals surface area contributed by atoms with Crippen LogP contribution in [-0.2, 0) is 29.5 Å². The van der Waals surface area contributed by atoms with Crippen molar-refractivity contribution < 1.29 is 25.3 Å². The highest BCUT2D eigenvalue weighted by atomic mass is 32.3. The summed E-state index contributed by atoms with van der Waals surface area (Å²) >= 11 is 0. The first-order chi connectivity index (χ1) is 5.84. The van der Waals surface area contributed by atoms with E-state index in [2.05, 4.69) is 0 Å². The molecular weight excluding hydrogens is 252 g/mol. The summed E-state index contributed by atoms with van der Waals surface area (Å²) in [6.07, 6.45) is 1.97. The number of hydrogen-bond acceptors (Lipinski definition) is 6. The summed E-state index contributed by atoms with van der Waals surface area (Å²) in [7, 11) is -11.9. The Hall–Kier alpha value is -0.410. The molecule has 0 rings (SSSR count). The third kappa shape index (κ3) is 4.72. The molecular formula is C5H10O6S3. The summed E-state index contributed by atoms with van der Waals surface area (Å²) < 4.78 is 64.1. The maximum Gasteiger partial charge on any atom is 0.187 e. The molecule has 0 aromatic rings. The van der Waals surface area contributed by atoms with E-state index in [4.69, 9.17) is 0 Å². The van der Waals surface area contributed by atoms with E-state index in [0.717, 1.165) is 0 Å². The first-order valence-corrected chi connectivity index (χ1v) is 8.89. The molecule has 0 aliphatic carbocycles. The summed E-state index contributed by atoms with van der Waals surface area (Å²) in [5.41, 5.74) is 0. The van der Waals surface area contributed by atoms with Crippen molar-refractivity contribution in [3.63, 3.8) is 0 Å². The van der Waals surface area contributed by atoms with Gasteiger partial charge < -0.3 is 0 Å². The quantitative estimate of drug-likeness (QED) is 0.641. The minimum Gasteiger partial charge on any atom is -0.225 e. The molecule has 6 nitrogen and oxygen atoms in total. The fourth-order valence-electron chi connectivity index (χ4n) is 0.625. The summed E-state index contributed by atoms with van der Waals surface area (Å²) in [6, 6.07) is 0. The average molecular weight is 262 g/mol. The number of sulfone groups is 3. The van der Waals surface area contributed by atoms with Gasteiger partial charge >= 0.3 is 0 Å². The van der Waals surface area contributed by atoms with Gasteiger partial charge in [0.2, 0.25) is 0 Å². The lowest BCUT2D eigenvalue weighted by atomic mass is 11.2. The molecule has 0 radical (unpaired) electrons. The molecule has 9 heteroatoms. The predicted octanol–water partition coefficient (Wildman–Crippen LogP) is -1.08. The van der Waals surface area contributed by atoms with E-state index in [-0.39, 0.29) is 5.41 Å². The summed E-state index contributed by atoms with van der Waals surface area (Å²) in [5, 5.41) is 0.234. The standard InChI is InChI=1S/C5H10O6S3/c1-12(6,7)4-5(13(2,8)9)14(3,10)11/h4H,1-3H3. The van der Waals surface area contributed by atoms with Crippen molar-refractivity contribution in [2.75, 3.05) is 18.8 Å². The van der Waals surface area contributed by atoms with Gasteiger partial charge in [0.05, 0.1) is 5.41 Å². The Morgan fingerprint density at radius 2 is 1.07 bits per heavy atom. The predicted molar refractivity (Wildman–Crippen MR) is 52.6 cm³/mol. The zero-order valence-electron chi connectivity index (χ0n) is 7.75. The van der Waals surface area contributed by atoms with E-state index in [9.17, 15) is 25.3 Å². The van der Waals surface area contributed by atoms with Gasteiger partial charge in [0.25, 0.3) is 0 Å². The second kappa shape index (κ2) is 3.63. The van der Waals surface area contributed by atoms with Crippen molar-refractivity contribution in [3.8, 4) is 0 Å². The van der Waals surface area contributed by atoms with Crippen molar-refractivity contribution >= 4 is 29.5 Å². The first kappa shape index (κ1) is 13.6. The molecule has 0 saturated carbocycles. The molecule has 0 aliphatic rings. The van der Waals surface area contributed by atoms with Crippen LogP contribution < -0.4 is 0 Å². The fourth-order valence-corrected chi connectivity index (χ4v) is 5.62. The van der Waals surface area contributed by atoms with Crippen molar-refractivity contribution in [3.05, 3.63) is 9.65 Å². The first-order valence-electron chi connectivity index (χ1n) is 3.16. The van der Waals surface area contributed by atoms with Crippen LogP contribution in [0.5, 0.6) is 0 Å². The highest BCUT2D eigenvalue weighted by molar-refractivity contribution is 8.14. The Kier molecular flexibility index (Phi) is 3.52. The minimum atomic E-state index is -4.06. The van der Waals surface area contributed by atoms with Gasteiger partial charge in [-0.25, -0.2) is 25.3 Å². The topological polar surface area (TPSA) is 102 Å². The summed E-state index contributed by atoms with van der Waals surface area (Å²) in [4.78, 5) is 0. The molecule has 0 fully saturated rings. The lowest BCUT2D eigenvalue weighted by Crippen LogP contribution is -2.13. The van der Waals surface area contributed by atoms with Gasteiger partial charge in [-0.3, -0.25) is 0 Å². The van der Waals surface area contributed by atoms with Crippen LogP contribution in [0.25, 0.3) is 0 Å². The molecule has 0 heterocycles. The third-order valence-electron chi connectivity index (χ3n) is 1.04. The van der Waals surface area contributed by atoms with E-state index in [1.165, 1.54) is 0 Å². The molecule has 0 unspecified atom stereocenters. The van der Waals surface area contributed by atoms with Crippen LogP contribution in [0.15, 0.2) is 9.65 Å². The van der Waals surface area contributed by atoms with Gasteiger partial charge in [-0.2, -0.15) is 0 Å². The van der Waals surface area contributed by atoms with Gasteiger partial charge in [-0.05, 0) is 0 Å². The van der Waals surface area contributed by atoms with E-state index in [1.54, 1.807) is 0 Å². The lowest BCUT2D eigenvalue weighted by molar-refractivity contribution is 0.598. The van der Waals surface area contributed by atoms with Crippen LogP contribution in [-0.4, -0.2) is 44.0 Å². The van der Waals surface area contributed by atoms with E-state index >= 15 is 0 Å². The van der Waals surface area contributed by atoms with E-state index in [0.29, 0.717) is 18.8 Å². The molecule has 0 N–H and O–H groups in total. The average Bonchev–Trinajstić information content (AvgIpc) is 1.75. The molecule has 0 spiro atoms. The number of rotatable bonds is 3. The van der Waals surface area contributed by atoms with Gasteiger partial charge in [0.1, 0.15) is 0 Å². The largest absolute Gasteiger partial charge is 0.225 e. The van der Waals surface area contributed by atoms with Crippen LogP contribution in [0.1, 0.15) is 0 Å². The van der Waals surface area contributed by atoms with Crippen LogP contribution in [0, 0.1) is 0 Å². The molecule has 0 aromatic carbocycles. The van der Waals surface area contributed by atoms with Gasteiger partial charge in [-0.1, -0.05) is 0 Å². The van der Waals surface area contributed by atoms with Crippen LogP contribution in [0.4, 0.5) is 0 Å². The molecule has 84 valence electrons. The normalized spacial score (nSPS) is 13.6. The highest BCUT2D eigenvalue weighted by Gasteiger charge is 2.24. The summed E-state index contributed by atoms with van der Waals surface area (Å²) in [6.45, 7) is 0. The number of hydrogen-bond donors (Lipinski definition) is 0. The molecule has 0 amide bonds. The third-order valence-corrected chi connectivity index (χ3v) is 5.52. The Balaban J connectivity index is 6.03. The van der Waals surface area contributed by atoms with Crippen LogP contribution in [0.3, 0.4) is 0 Å². The van der Waals surface area contributed by atoms with E-state index < -0.39 is 33.7 Å². The maximum absolute atomic E-state index is 10.9. The maximum atomic E-state index is 10.9. The zero-order valence-corrected chi connectivity index (χ0v) is 10.2. The second-order valence-electron chi connectivity index (χ2n) is 2.81. The Morgan fingerprint density at radius 3 is 1.14 bits per heavy atom. The molecule has 0 saturated heterocycles. The van der Waals surface area contributed by atoms with Crippen LogP contribution >= 0.6 is 0 Å². The monoisotopic (exact) mass is 262 g/mol. The molecule has 0 atom stereocenters. The van der Waals surface area contributed by atoms with Gasteiger partial charge in [0, 0.05) is 18.8 Å². The molecule has 0 aliphatic heterocycles. The smallest absolute Gasteiger partial charge is 0.187 e. The Bertz CT molecular complexity index is 511. The summed E-state index contributed by atoms with van der Waals surface area (Å²) in [5.74, 6) is 0. The molecule has 14 heavy (non-hydrogen) atoms. The van der Waals surface area contributed by atoms with Gasteiger partial charge in [0.15, 0.2) is 33.7 Å². The minimum absolute atomic E-state index is 0.234. The van der Waals surface area contributed by atoms with Gasteiger partial charge in [-0.15, -0.1) is 0 Å². The SMILES string of the molecule is CS(=O)(=O)C=C(S(C)(=O)=O)S(C)(=O)=O. The van der Waals surface area contributed by atoms with Crippen molar-refractivity contribution in [1.29, 1.82) is 0 Å². The molecule has 0 bridgehead atoms. The van der Waals surface area contributed by atoms with Crippen molar-refractivity contribution in [2.45, 2.75) is 0 Å². The van der Waals surface area contributed by atoms with E-state index in [1.807, 2.05) is 0 Å². The lowest BCUT2D eigenvalue weighted by Gasteiger charge is -2.00. The van der Waals surface area contributed by atoms with Crippen molar-refractivity contribution in [1.82, 2.24) is 0 Å². The van der Waals surface area contributed by atoms with Crippen molar-refractivity contribution in [2.24, 2.45) is 0 Å².